The van der Waals surface area contributed by atoms with Crippen LogP contribution in [-0.2, 0) is 0 Å². The fraction of sp³-hybridized carbons (Fsp3) is 0.143. The molecule has 0 unspecified atom stereocenters. The van der Waals surface area contributed by atoms with E-state index in [4.69, 9.17) is 22.2 Å². The number of ether oxygens (including phenoxy) is 1. The van der Waals surface area contributed by atoms with Crippen molar-refractivity contribution < 1.29 is 9.53 Å². The number of halogens is 1. The van der Waals surface area contributed by atoms with Crippen LogP contribution in [0.25, 0.3) is 0 Å². The number of amides is 1. The largest absolute Gasteiger partial charge is 0.495 e. The van der Waals surface area contributed by atoms with E-state index in [0.717, 1.165) is 5.56 Å². The third kappa shape index (κ3) is 3.24. The molecule has 4 N–H and O–H groups in total. The first-order valence-electron chi connectivity index (χ1n) is 6.14. The van der Waals surface area contributed by atoms with Crippen molar-refractivity contribution in [2.75, 3.05) is 17.9 Å². The first kappa shape index (κ1) is 15.1. The predicted octanol–water partition coefficient (Wildman–Crippen LogP) is 2.59. The number of pyridine rings is 1. The molecule has 110 valence electrons. The van der Waals surface area contributed by atoms with Gasteiger partial charge in [0.2, 0.25) is 0 Å². The third-order valence-electron chi connectivity index (χ3n) is 2.92. The second kappa shape index (κ2) is 6.43. The van der Waals surface area contributed by atoms with E-state index in [1.54, 1.807) is 30.5 Å². The number of aromatic nitrogens is 1. The summed E-state index contributed by atoms with van der Waals surface area (Å²) in [6, 6.07) is 6.66. The van der Waals surface area contributed by atoms with Crippen LogP contribution in [0.4, 0.5) is 11.5 Å². The minimum Gasteiger partial charge on any atom is -0.495 e. The molecule has 1 amide bonds. The first-order chi connectivity index (χ1) is 10.1. The van der Waals surface area contributed by atoms with Gasteiger partial charge in [0.05, 0.1) is 18.4 Å². The summed E-state index contributed by atoms with van der Waals surface area (Å²) in [5.74, 6) is 5.76. The summed E-state index contributed by atoms with van der Waals surface area (Å²) in [5, 5.41) is 3.33. The number of hydrazine groups is 1. The summed E-state index contributed by atoms with van der Waals surface area (Å²) in [6.45, 7) is 1.84. The summed E-state index contributed by atoms with van der Waals surface area (Å²) < 4.78 is 5.22. The summed E-state index contributed by atoms with van der Waals surface area (Å²) in [5.41, 5.74) is 4.07. The van der Waals surface area contributed by atoms with Gasteiger partial charge in [0, 0.05) is 17.3 Å². The summed E-state index contributed by atoms with van der Waals surface area (Å²) in [7, 11) is 1.51. The molecule has 0 saturated heterocycles. The quantitative estimate of drug-likeness (QED) is 0.597. The Labute approximate surface area is 127 Å². The number of nitrogens with zero attached hydrogens (tertiary/aromatic N) is 1. The average Bonchev–Trinajstić information content (AvgIpc) is 2.50. The van der Waals surface area contributed by atoms with Crippen LogP contribution >= 0.6 is 11.6 Å². The van der Waals surface area contributed by atoms with Crippen LogP contribution in [0.15, 0.2) is 30.5 Å². The number of anilines is 2. The Bertz CT molecular complexity index is 676. The fourth-order valence-corrected chi connectivity index (χ4v) is 1.98. The molecule has 7 heteroatoms. The number of rotatable bonds is 4. The normalized spacial score (nSPS) is 10.1. The van der Waals surface area contributed by atoms with Crippen LogP contribution in [0.2, 0.25) is 5.02 Å². The number of benzene rings is 1. The highest BCUT2D eigenvalue weighted by Crippen LogP contribution is 2.31. The number of nitrogen functional groups attached to an aromatic ring is 1. The first-order valence-corrected chi connectivity index (χ1v) is 6.51. The maximum atomic E-state index is 12.3. The topological polar surface area (TPSA) is 89.3 Å². The maximum absolute atomic E-state index is 12.3. The maximum Gasteiger partial charge on any atom is 0.259 e. The van der Waals surface area contributed by atoms with Crippen LogP contribution in [0.1, 0.15) is 15.9 Å². The van der Waals surface area contributed by atoms with Gasteiger partial charge in [-0.25, -0.2) is 10.8 Å². The van der Waals surface area contributed by atoms with Crippen molar-refractivity contribution >= 4 is 29.0 Å². The Morgan fingerprint density at radius 2 is 2.19 bits per heavy atom. The number of nitrogens with one attached hydrogen (secondary N) is 2. The van der Waals surface area contributed by atoms with Crippen LogP contribution in [0, 0.1) is 6.92 Å². The lowest BCUT2D eigenvalue weighted by Gasteiger charge is -2.13. The third-order valence-corrected chi connectivity index (χ3v) is 3.33. The van der Waals surface area contributed by atoms with Gasteiger partial charge in [0.15, 0.2) is 5.82 Å². The molecule has 0 radical (unpaired) electrons. The second-order valence-electron chi connectivity index (χ2n) is 4.30. The Morgan fingerprint density at radius 1 is 1.43 bits per heavy atom. The predicted molar refractivity (Wildman–Crippen MR) is 82.7 cm³/mol. The lowest BCUT2D eigenvalue weighted by Crippen LogP contribution is -2.18. The minimum atomic E-state index is -0.351. The van der Waals surface area contributed by atoms with Gasteiger partial charge < -0.3 is 15.5 Å². The Hall–Kier alpha value is -2.31. The number of carbonyl (C=O) groups excluding carboxylic acids is 1. The second-order valence-corrected chi connectivity index (χ2v) is 4.71. The van der Waals surface area contributed by atoms with E-state index in [1.807, 2.05) is 6.92 Å². The molecule has 0 fully saturated rings. The van der Waals surface area contributed by atoms with Crippen molar-refractivity contribution in [1.82, 2.24) is 4.98 Å². The van der Waals surface area contributed by atoms with Gasteiger partial charge >= 0.3 is 0 Å². The zero-order valence-corrected chi connectivity index (χ0v) is 12.4. The summed E-state index contributed by atoms with van der Waals surface area (Å²) in [4.78, 5) is 16.3. The standard InChI is InChI=1S/C14H15ClN4O2/c1-8-6-11(12(21-2)7-10(8)15)18-14(20)9-4-3-5-17-13(9)19-16/h3-7H,16H2,1-2H3,(H,17,19)(H,18,20). The number of hydrogen-bond acceptors (Lipinski definition) is 5. The smallest absolute Gasteiger partial charge is 0.259 e. The zero-order chi connectivity index (χ0) is 15.4. The SMILES string of the molecule is COc1cc(Cl)c(C)cc1NC(=O)c1cccnc1NN. The van der Waals surface area contributed by atoms with Crippen molar-refractivity contribution in [3.05, 3.63) is 46.6 Å². The van der Waals surface area contributed by atoms with Gasteiger partial charge in [-0.1, -0.05) is 11.6 Å². The molecule has 0 aliphatic heterocycles. The molecule has 0 saturated carbocycles. The van der Waals surface area contributed by atoms with E-state index >= 15 is 0 Å². The fourth-order valence-electron chi connectivity index (χ4n) is 1.82. The van der Waals surface area contributed by atoms with Gasteiger partial charge in [-0.2, -0.15) is 0 Å². The molecule has 21 heavy (non-hydrogen) atoms. The molecule has 1 aromatic carbocycles. The average molecular weight is 307 g/mol. The van der Waals surface area contributed by atoms with Gasteiger partial charge in [-0.3, -0.25) is 4.79 Å². The molecule has 2 aromatic rings. The highest BCUT2D eigenvalue weighted by atomic mass is 35.5. The van der Waals surface area contributed by atoms with Gasteiger partial charge in [-0.05, 0) is 30.7 Å². The van der Waals surface area contributed by atoms with Gasteiger partial charge in [0.1, 0.15) is 5.75 Å². The molecule has 0 spiro atoms. The molecule has 0 aliphatic carbocycles. The highest BCUT2D eigenvalue weighted by Gasteiger charge is 2.15. The number of aryl methyl sites for hydroxylation is 1. The molecular formula is C14H15ClN4O2. The van der Waals surface area contributed by atoms with Crippen molar-refractivity contribution in [2.45, 2.75) is 6.92 Å². The van der Waals surface area contributed by atoms with E-state index < -0.39 is 0 Å². The molecule has 0 aliphatic rings. The van der Waals surface area contributed by atoms with Crippen molar-refractivity contribution in [1.29, 1.82) is 0 Å². The Balaban J connectivity index is 2.33. The molecule has 0 bridgehead atoms. The van der Waals surface area contributed by atoms with E-state index in [2.05, 4.69) is 15.7 Å². The lowest BCUT2D eigenvalue weighted by atomic mass is 10.2. The number of nitrogens with two attached hydrogens (primary N) is 1. The van der Waals surface area contributed by atoms with Crippen LogP contribution in [0.3, 0.4) is 0 Å². The Morgan fingerprint density at radius 3 is 2.86 bits per heavy atom. The minimum absolute atomic E-state index is 0.291. The van der Waals surface area contributed by atoms with E-state index in [-0.39, 0.29) is 5.91 Å². The summed E-state index contributed by atoms with van der Waals surface area (Å²) >= 11 is 6.04. The number of carbonyl (C=O) groups is 1. The van der Waals surface area contributed by atoms with E-state index in [0.29, 0.717) is 27.8 Å². The number of hydrogen-bond donors (Lipinski definition) is 3. The summed E-state index contributed by atoms with van der Waals surface area (Å²) in [6.07, 6.45) is 1.54. The van der Waals surface area contributed by atoms with Crippen LogP contribution in [0.5, 0.6) is 5.75 Å². The molecule has 1 heterocycles. The molecule has 2 rings (SSSR count). The van der Waals surface area contributed by atoms with Crippen LogP contribution < -0.4 is 21.3 Å². The van der Waals surface area contributed by atoms with Gasteiger partial charge in [0.25, 0.3) is 5.91 Å². The molecule has 1 aromatic heterocycles. The van der Waals surface area contributed by atoms with Crippen LogP contribution in [-0.4, -0.2) is 18.0 Å². The zero-order valence-electron chi connectivity index (χ0n) is 11.6. The lowest BCUT2D eigenvalue weighted by molar-refractivity contribution is 0.102. The van der Waals surface area contributed by atoms with Crippen molar-refractivity contribution in [2.24, 2.45) is 5.84 Å². The van der Waals surface area contributed by atoms with Gasteiger partial charge in [-0.15, -0.1) is 0 Å². The Kier molecular flexibility index (Phi) is 4.62. The van der Waals surface area contributed by atoms with Crippen molar-refractivity contribution in [3.63, 3.8) is 0 Å². The van der Waals surface area contributed by atoms with E-state index in [1.165, 1.54) is 7.11 Å². The number of methoxy groups -OCH3 is 1. The van der Waals surface area contributed by atoms with Crippen molar-refractivity contribution in [3.8, 4) is 5.75 Å². The molecular weight excluding hydrogens is 292 g/mol. The molecule has 6 nitrogen and oxygen atoms in total. The highest BCUT2D eigenvalue weighted by molar-refractivity contribution is 6.31. The monoisotopic (exact) mass is 306 g/mol. The van der Waals surface area contributed by atoms with E-state index in [9.17, 15) is 4.79 Å². The molecule has 0 atom stereocenters.